The van der Waals surface area contributed by atoms with Crippen molar-refractivity contribution in [3.05, 3.63) is 42.7 Å². The molecule has 28 heavy (non-hydrogen) atoms. The van der Waals surface area contributed by atoms with Crippen LogP contribution in [0.3, 0.4) is 0 Å². The molecule has 6 nitrogen and oxygen atoms in total. The highest BCUT2D eigenvalue weighted by Gasteiger charge is 2.26. The number of hydrogen-bond donors (Lipinski definition) is 2. The zero-order valence-electron chi connectivity index (χ0n) is 16.3. The molecule has 0 radical (unpaired) electrons. The molecular formula is C20H24N4O2S2. The van der Waals surface area contributed by atoms with Crippen molar-refractivity contribution in [2.45, 2.75) is 64.8 Å². The number of aromatic amines is 1. The summed E-state index contributed by atoms with van der Waals surface area (Å²) < 4.78 is 0. The minimum absolute atomic E-state index is 0.0709. The van der Waals surface area contributed by atoms with Crippen molar-refractivity contribution in [2.24, 2.45) is 0 Å². The summed E-state index contributed by atoms with van der Waals surface area (Å²) in [6.07, 6.45) is 5.00. The number of fused-ring (bicyclic) bond motifs is 3. The second kappa shape index (κ2) is 7.40. The number of H-pyrrole nitrogens is 1. The molecule has 0 saturated heterocycles. The largest absolute Gasteiger partial charge is 0.345 e. The average Bonchev–Trinajstić information content (AvgIpc) is 3.23. The first-order chi connectivity index (χ1) is 13.3. The molecule has 3 heterocycles. The Morgan fingerprint density at radius 3 is 2.82 bits per heavy atom. The van der Waals surface area contributed by atoms with Gasteiger partial charge in [0.25, 0.3) is 5.56 Å². The van der Waals surface area contributed by atoms with E-state index < -0.39 is 5.54 Å². The van der Waals surface area contributed by atoms with Gasteiger partial charge in [-0.2, -0.15) is 0 Å². The smallest absolute Gasteiger partial charge is 0.259 e. The predicted molar refractivity (Wildman–Crippen MR) is 113 cm³/mol. The van der Waals surface area contributed by atoms with Crippen molar-refractivity contribution in [3.63, 3.8) is 0 Å². The molecule has 3 aromatic heterocycles. The Hall–Kier alpha value is -2.06. The SMILES string of the molecule is Cc1csc(C(C)(C)NC(=O)CCc2nc3sc4c(c3c(=O)[nH]2)CCCC4)n1. The number of carbonyl (C=O) groups is 1. The minimum atomic E-state index is -0.520. The molecule has 1 aliphatic rings. The van der Waals surface area contributed by atoms with Crippen molar-refractivity contribution in [1.82, 2.24) is 20.3 Å². The fraction of sp³-hybridized carbons (Fsp3) is 0.500. The van der Waals surface area contributed by atoms with E-state index in [0.717, 1.165) is 40.2 Å². The van der Waals surface area contributed by atoms with Crippen LogP contribution < -0.4 is 10.9 Å². The number of amides is 1. The molecule has 1 amide bonds. The van der Waals surface area contributed by atoms with E-state index in [1.54, 1.807) is 22.7 Å². The summed E-state index contributed by atoms with van der Waals surface area (Å²) >= 11 is 3.18. The highest BCUT2D eigenvalue weighted by atomic mass is 32.1. The normalized spacial score (nSPS) is 14.2. The van der Waals surface area contributed by atoms with E-state index in [4.69, 9.17) is 0 Å². The van der Waals surface area contributed by atoms with Crippen molar-refractivity contribution < 1.29 is 4.79 Å². The maximum atomic E-state index is 12.6. The van der Waals surface area contributed by atoms with Crippen molar-refractivity contribution in [2.75, 3.05) is 0 Å². The van der Waals surface area contributed by atoms with Gasteiger partial charge in [-0.05, 0) is 52.0 Å². The molecule has 3 aromatic rings. The molecule has 0 spiro atoms. The maximum absolute atomic E-state index is 12.6. The van der Waals surface area contributed by atoms with Gasteiger partial charge in [0.1, 0.15) is 15.7 Å². The Labute approximate surface area is 171 Å². The summed E-state index contributed by atoms with van der Waals surface area (Å²) in [6, 6.07) is 0. The minimum Gasteiger partial charge on any atom is -0.345 e. The maximum Gasteiger partial charge on any atom is 0.259 e. The standard InChI is InChI=1S/C20H24N4O2S2/c1-11-10-27-19(21-11)20(2,3)24-15(25)9-8-14-22-17(26)16-12-6-4-5-7-13(12)28-18(16)23-14/h10H,4-9H2,1-3H3,(H,24,25)(H,22,23,26). The summed E-state index contributed by atoms with van der Waals surface area (Å²) in [5.41, 5.74) is 1.55. The third-order valence-electron chi connectivity index (χ3n) is 5.07. The van der Waals surface area contributed by atoms with E-state index in [9.17, 15) is 9.59 Å². The van der Waals surface area contributed by atoms with Gasteiger partial charge in [-0.25, -0.2) is 9.97 Å². The molecule has 0 fully saturated rings. The predicted octanol–water partition coefficient (Wildman–Crippen LogP) is 3.61. The quantitative estimate of drug-likeness (QED) is 0.665. The van der Waals surface area contributed by atoms with Gasteiger partial charge in [0.15, 0.2) is 0 Å². The molecule has 0 aliphatic heterocycles. The number of thiophene rings is 1. The monoisotopic (exact) mass is 416 g/mol. The van der Waals surface area contributed by atoms with E-state index in [2.05, 4.69) is 20.3 Å². The Balaban J connectivity index is 1.46. The summed E-state index contributed by atoms with van der Waals surface area (Å²) in [5, 5.41) is 6.66. The zero-order chi connectivity index (χ0) is 19.9. The molecule has 148 valence electrons. The topological polar surface area (TPSA) is 87.7 Å². The molecule has 2 N–H and O–H groups in total. The van der Waals surface area contributed by atoms with Crippen molar-refractivity contribution >= 4 is 38.8 Å². The Morgan fingerprint density at radius 1 is 1.29 bits per heavy atom. The van der Waals surface area contributed by atoms with Crippen LogP contribution >= 0.6 is 22.7 Å². The Kier molecular flexibility index (Phi) is 5.09. The summed E-state index contributed by atoms with van der Waals surface area (Å²) in [5.74, 6) is 0.500. The van der Waals surface area contributed by atoms with Crippen LogP contribution in [0.4, 0.5) is 0 Å². The van der Waals surface area contributed by atoms with E-state index >= 15 is 0 Å². The number of thiazole rings is 1. The Bertz CT molecular complexity index is 1090. The highest BCUT2D eigenvalue weighted by molar-refractivity contribution is 7.18. The van der Waals surface area contributed by atoms with Gasteiger partial charge in [0, 0.05) is 28.8 Å². The van der Waals surface area contributed by atoms with E-state index in [-0.39, 0.29) is 17.9 Å². The lowest BCUT2D eigenvalue weighted by Gasteiger charge is -2.23. The van der Waals surface area contributed by atoms with Crippen LogP contribution in [0.15, 0.2) is 10.2 Å². The number of nitrogens with one attached hydrogen (secondary N) is 2. The first-order valence-corrected chi connectivity index (χ1v) is 11.3. The number of rotatable bonds is 5. The van der Waals surface area contributed by atoms with Crippen molar-refractivity contribution in [1.29, 1.82) is 0 Å². The number of hydrogen-bond acceptors (Lipinski definition) is 6. The van der Waals surface area contributed by atoms with Gasteiger partial charge in [0.2, 0.25) is 5.91 Å². The molecule has 0 saturated carbocycles. The van der Waals surface area contributed by atoms with E-state index in [1.165, 1.54) is 16.9 Å². The number of aryl methyl sites for hydroxylation is 4. The summed E-state index contributed by atoms with van der Waals surface area (Å²) in [7, 11) is 0. The van der Waals surface area contributed by atoms with Crippen LogP contribution in [0.2, 0.25) is 0 Å². The van der Waals surface area contributed by atoms with Gasteiger partial charge < -0.3 is 10.3 Å². The molecule has 0 unspecified atom stereocenters. The van der Waals surface area contributed by atoms with Gasteiger partial charge >= 0.3 is 0 Å². The van der Waals surface area contributed by atoms with Gasteiger partial charge in [0.05, 0.1) is 10.9 Å². The van der Waals surface area contributed by atoms with Gasteiger partial charge in [-0.15, -0.1) is 22.7 Å². The first kappa shape index (κ1) is 19.3. The van der Waals surface area contributed by atoms with Gasteiger partial charge in [-0.3, -0.25) is 9.59 Å². The number of aromatic nitrogens is 3. The third-order valence-corrected chi connectivity index (χ3v) is 7.54. The van der Waals surface area contributed by atoms with Gasteiger partial charge in [-0.1, -0.05) is 0 Å². The molecule has 0 aromatic carbocycles. The second-order valence-corrected chi connectivity index (χ2v) is 9.81. The number of carbonyl (C=O) groups excluding carboxylic acids is 1. The van der Waals surface area contributed by atoms with Crippen molar-refractivity contribution in [3.8, 4) is 0 Å². The van der Waals surface area contributed by atoms with Crippen LogP contribution in [-0.4, -0.2) is 20.9 Å². The molecule has 0 atom stereocenters. The fourth-order valence-electron chi connectivity index (χ4n) is 3.66. The lowest BCUT2D eigenvalue weighted by molar-refractivity contribution is -0.122. The summed E-state index contributed by atoms with van der Waals surface area (Å²) in [4.78, 5) is 39.2. The second-order valence-electron chi connectivity index (χ2n) is 7.87. The van der Waals surface area contributed by atoms with Crippen LogP contribution in [-0.2, 0) is 29.6 Å². The molecule has 0 bridgehead atoms. The average molecular weight is 417 g/mol. The highest BCUT2D eigenvalue weighted by Crippen LogP contribution is 2.33. The Morgan fingerprint density at radius 2 is 2.07 bits per heavy atom. The van der Waals surface area contributed by atoms with E-state index in [1.807, 2.05) is 26.2 Å². The molecule has 4 rings (SSSR count). The molecule has 8 heteroatoms. The lowest BCUT2D eigenvalue weighted by atomic mass is 9.97. The van der Waals surface area contributed by atoms with Crippen LogP contribution in [0, 0.1) is 6.92 Å². The lowest BCUT2D eigenvalue weighted by Crippen LogP contribution is -2.41. The molecular weight excluding hydrogens is 392 g/mol. The third kappa shape index (κ3) is 3.75. The fourth-order valence-corrected chi connectivity index (χ4v) is 5.82. The van der Waals surface area contributed by atoms with Crippen LogP contribution in [0.25, 0.3) is 10.2 Å². The zero-order valence-corrected chi connectivity index (χ0v) is 18.0. The first-order valence-electron chi connectivity index (χ1n) is 9.60. The van der Waals surface area contributed by atoms with Crippen LogP contribution in [0.5, 0.6) is 0 Å². The summed E-state index contributed by atoms with van der Waals surface area (Å²) in [6.45, 7) is 5.84. The van der Waals surface area contributed by atoms with Crippen LogP contribution in [0.1, 0.15) is 60.1 Å². The molecule has 1 aliphatic carbocycles. The number of nitrogens with zero attached hydrogens (tertiary/aromatic N) is 2. The van der Waals surface area contributed by atoms with E-state index in [0.29, 0.717) is 12.2 Å².